The summed E-state index contributed by atoms with van der Waals surface area (Å²) in [4.78, 5) is 12.8. The third kappa shape index (κ3) is 6.13. The van der Waals surface area contributed by atoms with E-state index in [9.17, 15) is 4.79 Å². The van der Waals surface area contributed by atoms with Gasteiger partial charge in [-0.15, -0.1) is 11.8 Å². The van der Waals surface area contributed by atoms with E-state index < -0.39 is 0 Å². The molecule has 1 N–H and O–H groups in total. The summed E-state index contributed by atoms with van der Waals surface area (Å²) in [6, 6.07) is 10.3. The van der Waals surface area contributed by atoms with E-state index in [4.69, 9.17) is 0 Å². The smallest absolute Gasteiger partial charge is 0.230 e. The zero-order valence-electron chi connectivity index (χ0n) is 9.99. The van der Waals surface area contributed by atoms with Crippen molar-refractivity contribution >= 4 is 33.6 Å². The van der Waals surface area contributed by atoms with Crippen LogP contribution in [-0.2, 0) is 4.79 Å². The monoisotopic (exact) mass is 315 g/mol. The predicted octanol–water partition coefficient (Wildman–Crippen LogP) is 3.46. The molecule has 0 heterocycles. The highest BCUT2D eigenvalue weighted by molar-refractivity contribution is 9.09. The zero-order chi connectivity index (χ0) is 12.5. The van der Waals surface area contributed by atoms with E-state index in [-0.39, 0.29) is 5.91 Å². The van der Waals surface area contributed by atoms with Crippen LogP contribution in [0.2, 0.25) is 0 Å². The molecule has 0 aliphatic heterocycles. The van der Waals surface area contributed by atoms with Gasteiger partial charge in [-0.2, -0.15) is 0 Å². The molecule has 0 aliphatic carbocycles. The Bertz CT molecular complexity index is 331. The van der Waals surface area contributed by atoms with E-state index in [1.54, 1.807) is 11.8 Å². The fourth-order valence-corrected chi connectivity index (χ4v) is 2.73. The van der Waals surface area contributed by atoms with Crippen molar-refractivity contribution in [2.24, 2.45) is 0 Å². The number of thioether (sulfide) groups is 1. The quantitative estimate of drug-likeness (QED) is 0.616. The first kappa shape index (κ1) is 14.6. The van der Waals surface area contributed by atoms with Crippen LogP contribution in [0.1, 0.15) is 19.8 Å². The number of carbonyl (C=O) groups is 1. The normalized spacial score (nSPS) is 12.1. The van der Waals surface area contributed by atoms with Crippen molar-refractivity contribution in [3.05, 3.63) is 30.3 Å². The minimum absolute atomic E-state index is 0.117. The maximum Gasteiger partial charge on any atom is 0.230 e. The Hall–Kier alpha value is -0.480. The van der Waals surface area contributed by atoms with Crippen LogP contribution in [0, 0.1) is 0 Å². The molecule has 17 heavy (non-hydrogen) atoms. The van der Waals surface area contributed by atoms with Gasteiger partial charge in [-0.05, 0) is 25.0 Å². The number of hydrogen-bond donors (Lipinski definition) is 1. The Morgan fingerprint density at radius 3 is 2.71 bits per heavy atom. The Morgan fingerprint density at radius 1 is 1.41 bits per heavy atom. The van der Waals surface area contributed by atoms with Gasteiger partial charge in [0.25, 0.3) is 0 Å². The van der Waals surface area contributed by atoms with Crippen LogP contribution in [0.4, 0.5) is 0 Å². The molecule has 0 bridgehead atoms. The zero-order valence-corrected chi connectivity index (χ0v) is 12.4. The lowest BCUT2D eigenvalue weighted by atomic mass is 10.2. The Balaban J connectivity index is 2.30. The molecule has 4 heteroatoms. The molecule has 2 nitrogen and oxygen atoms in total. The number of hydrogen-bond acceptors (Lipinski definition) is 2. The largest absolute Gasteiger partial charge is 0.353 e. The average molecular weight is 316 g/mol. The summed E-state index contributed by atoms with van der Waals surface area (Å²) in [5, 5.41) is 3.98. The molecule has 1 atom stereocenters. The number of nitrogens with one attached hydrogen (secondary N) is 1. The number of halogens is 1. The Labute approximate surface area is 116 Å². The van der Waals surface area contributed by atoms with Crippen molar-refractivity contribution in [1.29, 1.82) is 0 Å². The summed E-state index contributed by atoms with van der Waals surface area (Å²) < 4.78 is 0. The molecule has 1 unspecified atom stereocenters. The molecule has 0 aromatic heterocycles. The molecular formula is C13H18BrNOS. The van der Waals surface area contributed by atoms with Crippen molar-refractivity contribution in [2.75, 3.05) is 11.1 Å². The van der Waals surface area contributed by atoms with Crippen LogP contribution in [0.25, 0.3) is 0 Å². The van der Waals surface area contributed by atoms with E-state index >= 15 is 0 Å². The topological polar surface area (TPSA) is 29.1 Å². The number of amides is 1. The first-order chi connectivity index (χ1) is 8.26. The van der Waals surface area contributed by atoms with Crippen LogP contribution in [0.15, 0.2) is 35.2 Å². The van der Waals surface area contributed by atoms with E-state index in [0.29, 0.717) is 11.8 Å². The predicted molar refractivity (Wildman–Crippen MR) is 77.8 cm³/mol. The highest BCUT2D eigenvalue weighted by Crippen LogP contribution is 2.16. The van der Waals surface area contributed by atoms with Gasteiger partial charge < -0.3 is 5.32 Å². The van der Waals surface area contributed by atoms with Gasteiger partial charge in [0.2, 0.25) is 5.91 Å². The van der Waals surface area contributed by atoms with Gasteiger partial charge in [-0.25, -0.2) is 0 Å². The molecule has 0 spiro atoms. The average Bonchev–Trinajstić information content (AvgIpc) is 2.37. The van der Waals surface area contributed by atoms with Crippen molar-refractivity contribution in [2.45, 2.75) is 30.7 Å². The number of carbonyl (C=O) groups excluding carboxylic acids is 1. The van der Waals surface area contributed by atoms with Crippen molar-refractivity contribution in [3.8, 4) is 0 Å². The molecule has 0 saturated carbocycles. The van der Waals surface area contributed by atoms with Crippen molar-refractivity contribution in [3.63, 3.8) is 0 Å². The van der Waals surface area contributed by atoms with Crippen LogP contribution in [0.5, 0.6) is 0 Å². The minimum atomic E-state index is 0.117. The van der Waals surface area contributed by atoms with Gasteiger partial charge in [0.05, 0.1) is 5.75 Å². The molecule has 0 fully saturated rings. The Kier molecular flexibility index (Phi) is 7.37. The Morgan fingerprint density at radius 2 is 2.12 bits per heavy atom. The summed E-state index contributed by atoms with van der Waals surface area (Å²) in [6.45, 7) is 2.10. The summed E-state index contributed by atoms with van der Waals surface area (Å²) in [6.07, 6.45) is 1.96. The summed E-state index contributed by atoms with van der Waals surface area (Å²) in [5.41, 5.74) is 0. The van der Waals surface area contributed by atoms with E-state index in [0.717, 1.165) is 23.1 Å². The van der Waals surface area contributed by atoms with Crippen molar-refractivity contribution < 1.29 is 4.79 Å². The standard InChI is InChI=1S/C13H18BrNOS/c1-2-11(8-9-14)15-13(16)10-17-12-6-4-3-5-7-12/h3-7,11H,2,8-10H2,1H3,(H,15,16). The second kappa shape index (κ2) is 8.59. The maximum absolute atomic E-state index is 11.7. The van der Waals surface area contributed by atoms with E-state index in [2.05, 4.69) is 28.2 Å². The van der Waals surface area contributed by atoms with E-state index in [1.807, 2.05) is 30.3 Å². The second-order valence-corrected chi connectivity index (χ2v) is 5.59. The first-order valence-electron chi connectivity index (χ1n) is 5.79. The highest BCUT2D eigenvalue weighted by Gasteiger charge is 2.09. The van der Waals surface area contributed by atoms with Gasteiger partial charge in [0.1, 0.15) is 0 Å². The number of alkyl halides is 1. The summed E-state index contributed by atoms with van der Waals surface area (Å²) in [5.74, 6) is 0.606. The van der Waals surface area contributed by atoms with Gasteiger partial charge in [0, 0.05) is 16.3 Å². The number of rotatable bonds is 7. The van der Waals surface area contributed by atoms with Crippen LogP contribution < -0.4 is 5.32 Å². The van der Waals surface area contributed by atoms with Crippen LogP contribution in [0.3, 0.4) is 0 Å². The lowest BCUT2D eigenvalue weighted by Crippen LogP contribution is -2.35. The third-order valence-corrected chi connectivity index (χ3v) is 3.90. The van der Waals surface area contributed by atoms with Gasteiger partial charge >= 0.3 is 0 Å². The van der Waals surface area contributed by atoms with Gasteiger partial charge in [-0.1, -0.05) is 41.1 Å². The fraction of sp³-hybridized carbons (Fsp3) is 0.462. The lowest BCUT2D eigenvalue weighted by Gasteiger charge is -2.15. The first-order valence-corrected chi connectivity index (χ1v) is 7.90. The molecule has 1 aromatic carbocycles. The summed E-state index contributed by atoms with van der Waals surface area (Å²) >= 11 is 4.98. The fourth-order valence-electron chi connectivity index (χ4n) is 1.44. The van der Waals surface area contributed by atoms with Gasteiger partial charge in [-0.3, -0.25) is 4.79 Å². The molecule has 1 amide bonds. The summed E-state index contributed by atoms with van der Waals surface area (Å²) in [7, 11) is 0. The maximum atomic E-state index is 11.7. The SMILES string of the molecule is CCC(CCBr)NC(=O)CSc1ccccc1. The molecule has 94 valence electrons. The molecule has 1 aromatic rings. The molecule has 0 aliphatic rings. The van der Waals surface area contributed by atoms with Crippen LogP contribution in [-0.4, -0.2) is 23.0 Å². The van der Waals surface area contributed by atoms with Gasteiger partial charge in [0.15, 0.2) is 0 Å². The molecule has 1 rings (SSSR count). The van der Waals surface area contributed by atoms with E-state index in [1.165, 1.54) is 0 Å². The third-order valence-electron chi connectivity index (χ3n) is 2.43. The van der Waals surface area contributed by atoms with Crippen molar-refractivity contribution in [1.82, 2.24) is 5.32 Å². The minimum Gasteiger partial charge on any atom is -0.353 e. The molecule has 0 saturated heterocycles. The van der Waals surface area contributed by atoms with Crippen LogP contribution >= 0.6 is 27.7 Å². The lowest BCUT2D eigenvalue weighted by molar-refractivity contribution is -0.119. The second-order valence-electron chi connectivity index (χ2n) is 3.75. The number of benzene rings is 1. The highest BCUT2D eigenvalue weighted by atomic mass is 79.9. The molecular weight excluding hydrogens is 298 g/mol. The molecule has 0 radical (unpaired) electrons.